The van der Waals surface area contributed by atoms with Gasteiger partial charge in [0.25, 0.3) is 0 Å². The molecule has 0 fully saturated rings. The summed E-state index contributed by atoms with van der Waals surface area (Å²) in [4.78, 5) is 11.9. The Bertz CT molecular complexity index is 642. The summed E-state index contributed by atoms with van der Waals surface area (Å²) >= 11 is 0. The van der Waals surface area contributed by atoms with Crippen molar-refractivity contribution in [1.82, 2.24) is 0 Å². The normalized spacial score (nSPS) is 9.86. The van der Waals surface area contributed by atoms with Crippen LogP contribution < -0.4 is 0 Å². The van der Waals surface area contributed by atoms with Crippen LogP contribution in [0.25, 0.3) is 0 Å². The molecule has 0 atom stereocenters. The SMILES string of the molecule is CCCCCc1ccc(C#CCC(=O)c2ccccc2)cc1. The first-order valence-electron chi connectivity index (χ1n) is 7.95. The second kappa shape index (κ2) is 8.85. The maximum Gasteiger partial charge on any atom is 0.174 e. The maximum absolute atomic E-state index is 11.9. The van der Waals surface area contributed by atoms with E-state index in [0.29, 0.717) is 0 Å². The molecule has 0 radical (unpaired) electrons. The van der Waals surface area contributed by atoms with E-state index in [2.05, 4.69) is 30.9 Å². The summed E-state index contributed by atoms with van der Waals surface area (Å²) in [5.41, 5.74) is 3.06. The lowest BCUT2D eigenvalue weighted by atomic mass is 10.1. The molecular weight excluding hydrogens is 268 g/mol. The van der Waals surface area contributed by atoms with E-state index in [1.165, 1.54) is 24.8 Å². The number of rotatable bonds is 6. The van der Waals surface area contributed by atoms with Crippen LogP contribution in [0, 0.1) is 11.8 Å². The molecule has 2 aromatic carbocycles. The molecule has 0 heterocycles. The maximum atomic E-state index is 11.9. The van der Waals surface area contributed by atoms with Gasteiger partial charge in [-0.25, -0.2) is 0 Å². The predicted molar refractivity (Wildman–Crippen MR) is 91.9 cm³/mol. The highest BCUT2D eigenvalue weighted by molar-refractivity contribution is 5.97. The van der Waals surface area contributed by atoms with Crippen molar-refractivity contribution < 1.29 is 4.79 Å². The monoisotopic (exact) mass is 290 g/mol. The zero-order chi connectivity index (χ0) is 15.6. The molecule has 0 amide bonds. The van der Waals surface area contributed by atoms with E-state index < -0.39 is 0 Å². The van der Waals surface area contributed by atoms with Crippen molar-refractivity contribution in [3.8, 4) is 11.8 Å². The Hall–Kier alpha value is -2.33. The smallest absolute Gasteiger partial charge is 0.174 e. The second-order valence-corrected chi connectivity index (χ2v) is 5.42. The topological polar surface area (TPSA) is 17.1 Å². The van der Waals surface area contributed by atoms with Crippen molar-refractivity contribution in [3.05, 3.63) is 71.3 Å². The van der Waals surface area contributed by atoms with Crippen molar-refractivity contribution in [3.63, 3.8) is 0 Å². The molecule has 1 heteroatoms. The fraction of sp³-hybridized carbons (Fsp3) is 0.286. The van der Waals surface area contributed by atoms with Crippen LogP contribution in [0.2, 0.25) is 0 Å². The summed E-state index contributed by atoms with van der Waals surface area (Å²) in [5, 5.41) is 0. The van der Waals surface area contributed by atoms with Crippen molar-refractivity contribution in [1.29, 1.82) is 0 Å². The van der Waals surface area contributed by atoms with E-state index in [-0.39, 0.29) is 12.2 Å². The lowest BCUT2D eigenvalue weighted by Crippen LogP contribution is -1.96. The Morgan fingerprint density at radius 1 is 0.955 bits per heavy atom. The molecule has 0 N–H and O–H groups in total. The number of hydrogen-bond donors (Lipinski definition) is 0. The second-order valence-electron chi connectivity index (χ2n) is 5.42. The first-order valence-corrected chi connectivity index (χ1v) is 7.95. The van der Waals surface area contributed by atoms with E-state index >= 15 is 0 Å². The number of benzene rings is 2. The minimum absolute atomic E-state index is 0.0734. The third-order valence-electron chi connectivity index (χ3n) is 3.60. The van der Waals surface area contributed by atoms with Gasteiger partial charge in [0, 0.05) is 11.1 Å². The van der Waals surface area contributed by atoms with Crippen molar-refractivity contribution in [2.24, 2.45) is 0 Å². The molecule has 0 bridgehead atoms. The van der Waals surface area contributed by atoms with E-state index in [1.807, 2.05) is 42.5 Å². The molecule has 22 heavy (non-hydrogen) atoms. The molecule has 112 valence electrons. The van der Waals surface area contributed by atoms with Crippen molar-refractivity contribution >= 4 is 5.78 Å². The molecule has 2 rings (SSSR count). The molecule has 0 spiro atoms. The first kappa shape index (κ1) is 16.0. The number of Topliss-reactive ketones (excluding diaryl/α,β-unsaturated/α-hetero) is 1. The van der Waals surface area contributed by atoms with Crippen LogP contribution in [0.15, 0.2) is 54.6 Å². The minimum atomic E-state index is 0.0734. The number of carbonyl (C=O) groups excluding carboxylic acids is 1. The molecule has 2 aromatic rings. The highest BCUT2D eigenvalue weighted by Crippen LogP contribution is 2.08. The molecule has 1 nitrogen and oxygen atoms in total. The summed E-state index contributed by atoms with van der Waals surface area (Å²) in [5.74, 6) is 6.11. The van der Waals surface area contributed by atoms with Crippen LogP contribution in [0.3, 0.4) is 0 Å². The lowest BCUT2D eigenvalue weighted by Gasteiger charge is -2.00. The van der Waals surface area contributed by atoms with Crippen LogP contribution in [0.5, 0.6) is 0 Å². The molecule has 0 aliphatic rings. The van der Waals surface area contributed by atoms with Crippen LogP contribution >= 0.6 is 0 Å². The third-order valence-corrected chi connectivity index (χ3v) is 3.60. The van der Waals surface area contributed by atoms with Crippen molar-refractivity contribution in [2.45, 2.75) is 39.0 Å². The van der Waals surface area contributed by atoms with E-state index in [1.54, 1.807) is 0 Å². The van der Waals surface area contributed by atoms with Gasteiger partial charge in [0.1, 0.15) is 0 Å². The molecule has 0 aliphatic carbocycles. The van der Waals surface area contributed by atoms with Crippen molar-refractivity contribution in [2.75, 3.05) is 0 Å². The average molecular weight is 290 g/mol. The van der Waals surface area contributed by atoms with E-state index in [4.69, 9.17) is 0 Å². The molecule has 0 aromatic heterocycles. The van der Waals surface area contributed by atoms with Gasteiger partial charge >= 0.3 is 0 Å². The fourth-order valence-corrected chi connectivity index (χ4v) is 2.29. The molecule has 0 saturated carbocycles. The highest BCUT2D eigenvalue weighted by atomic mass is 16.1. The Morgan fingerprint density at radius 3 is 2.36 bits per heavy atom. The standard InChI is InChI=1S/C21H22O/c1-2-3-5-9-18-14-16-19(17-15-18)10-8-13-21(22)20-11-6-4-7-12-20/h4,6-7,11-12,14-17H,2-3,5,9,13H2,1H3. The van der Waals surface area contributed by atoms with E-state index in [0.717, 1.165) is 17.5 Å². The number of carbonyl (C=O) groups is 1. The minimum Gasteiger partial charge on any atom is -0.293 e. The van der Waals surface area contributed by atoms with E-state index in [9.17, 15) is 4.79 Å². The van der Waals surface area contributed by atoms with Crippen LogP contribution in [-0.4, -0.2) is 5.78 Å². The zero-order valence-corrected chi connectivity index (χ0v) is 13.1. The van der Waals surface area contributed by atoms with Gasteiger partial charge in [0.15, 0.2) is 5.78 Å². The fourth-order valence-electron chi connectivity index (χ4n) is 2.29. The van der Waals surface area contributed by atoms with Gasteiger partial charge in [-0.05, 0) is 30.5 Å². The van der Waals surface area contributed by atoms with Crippen LogP contribution in [0.1, 0.15) is 54.1 Å². The first-order chi connectivity index (χ1) is 10.8. The number of unbranched alkanes of at least 4 members (excludes halogenated alkanes) is 2. The van der Waals surface area contributed by atoms with Gasteiger partial charge < -0.3 is 0 Å². The van der Waals surface area contributed by atoms with Gasteiger partial charge in [-0.2, -0.15) is 0 Å². The summed E-state index contributed by atoms with van der Waals surface area (Å²) < 4.78 is 0. The zero-order valence-electron chi connectivity index (χ0n) is 13.1. The molecule has 0 unspecified atom stereocenters. The summed E-state index contributed by atoms with van der Waals surface area (Å²) in [6.07, 6.45) is 5.17. The number of ketones is 1. The summed E-state index contributed by atoms with van der Waals surface area (Å²) in [6.45, 7) is 2.22. The lowest BCUT2D eigenvalue weighted by molar-refractivity contribution is 0.0998. The molecular formula is C21H22O. The summed E-state index contributed by atoms with van der Waals surface area (Å²) in [6, 6.07) is 17.7. The van der Waals surface area contributed by atoms with Gasteiger partial charge in [0.05, 0.1) is 6.42 Å². The van der Waals surface area contributed by atoms with Crippen LogP contribution in [-0.2, 0) is 6.42 Å². The number of aryl methyl sites for hydroxylation is 1. The van der Waals surface area contributed by atoms with Gasteiger partial charge in [-0.1, -0.05) is 74.1 Å². The van der Waals surface area contributed by atoms with Gasteiger partial charge in [-0.3, -0.25) is 4.79 Å². The summed E-state index contributed by atoms with van der Waals surface area (Å²) in [7, 11) is 0. The largest absolute Gasteiger partial charge is 0.293 e. The third kappa shape index (κ3) is 5.22. The van der Waals surface area contributed by atoms with Crippen LogP contribution in [0.4, 0.5) is 0 Å². The van der Waals surface area contributed by atoms with Gasteiger partial charge in [-0.15, -0.1) is 0 Å². The highest BCUT2D eigenvalue weighted by Gasteiger charge is 2.01. The average Bonchev–Trinajstić information content (AvgIpc) is 2.57. The molecule has 0 aliphatic heterocycles. The quantitative estimate of drug-likeness (QED) is 0.413. The Morgan fingerprint density at radius 2 is 1.68 bits per heavy atom. The Labute approximate surface area is 133 Å². The predicted octanol–water partition coefficient (Wildman–Crippen LogP) is 5.04. The van der Waals surface area contributed by atoms with Gasteiger partial charge in [0.2, 0.25) is 0 Å². The number of hydrogen-bond acceptors (Lipinski definition) is 1. The Balaban J connectivity index is 1.88. The molecule has 0 saturated heterocycles. The Kier molecular flexibility index (Phi) is 6.45.